The highest BCUT2D eigenvalue weighted by Crippen LogP contribution is 2.42. The van der Waals surface area contributed by atoms with E-state index >= 15 is 0 Å². The third kappa shape index (κ3) is 2.81. The second kappa shape index (κ2) is 6.70. The van der Waals surface area contributed by atoms with Gasteiger partial charge >= 0.3 is 0 Å². The Morgan fingerprint density at radius 1 is 1.14 bits per heavy atom. The summed E-state index contributed by atoms with van der Waals surface area (Å²) in [7, 11) is 1.78. The van der Waals surface area contributed by atoms with Crippen molar-refractivity contribution in [1.29, 1.82) is 0 Å². The van der Waals surface area contributed by atoms with Gasteiger partial charge < -0.3 is 14.8 Å². The van der Waals surface area contributed by atoms with E-state index in [2.05, 4.69) is 10.4 Å². The van der Waals surface area contributed by atoms with E-state index in [1.807, 2.05) is 49.4 Å². The van der Waals surface area contributed by atoms with Crippen LogP contribution in [0.1, 0.15) is 27.8 Å². The SMILES string of the molecule is Cc1nn(C)c(Cl)c1[C@@H]1Nc2ccccc2C(=O)N1c1ccc2c(c1)OCCO2. The molecule has 1 atom stereocenters. The molecule has 0 fully saturated rings. The van der Waals surface area contributed by atoms with Crippen LogP contribution in [0.2, 0.25) is 5.15 Å². The van der Waals surface area contributed by atoms with Crippen LogP contribution in [0.15, 0.2) is 42.5 Å². The first-order chi connectivity index (χ1) is 14.0. The average molecular weight is 411 g/mol. The molecule has 8 heteroatoms. The Labute approximate surface area is 172 Å². The Morgan fingerprint density at radius 2 is 1.90 bits per heavy atom. The minimum Gasteiger partial charge on any atom is -0.486 e. The Balaban J connectivity index is 1.68. The van der Waals surface area contributed by atoms with Crippen molar-refractivity contribution in [2.24, 2.45) is 7.05 Å². The van der Waals surface area contributed by atoms with Crippen LogP contribution in [0, 0.1) is 6.92 Å². The number of nitrogens with zero attached hydrogens (tertiary/aromatic N) is 3. The number of hydrogen-bond acceptors (Lipinski definition) is 5. The number of anilines is 2. The largest absolute Gasteiger partial charge is 0.486 e. The quantitative estimate of drug-likeness (QED) is 0.693. The topological polar surface area (TPSA) is 68.6 Å². The zero-order valence-electron chi connectivity index (χ0n) is 16.0. The molecule has 0 radical (unpaired) electrons. The summed E-state index contributed by atoms with van der Waals surface area (Å²) in [5.41, 5.74) is 3.55. The number of ether oxygens (including phenoxy) is 2. The van der Waals surface area contributed by atoms with Crippen molar-refractivity contribution in [1.82, 2.24) is 9.78 Å². The first-order valence-corrected chi connectivity index (χ1v) is 9.70. The lowest BCUT2D eigenvalue weighted by Gasteiger charge is -2.38. The van der Waals surface area contributed by atoms with E-state index in [1.165, 1.54) is 0 Å². The fourth-order valence-corrected chi connectivity index (χ4v) is 4.14. The fraction of sp³-hybridized carbons (Fsp3) is 0.238. The van der Waals surface area contributed by atoms with Gasteiger partial charge in [0, 0.05) is 18.8 Å². The molecule has 1 amide bonds. The number of hydrogen-bond donors (Lipinski definition) is 1. The molecule has 2 aliphatic rings. The Hall–Kier alpha value is -3.19. The van der Waals surface area contributed by atoms with Gasteiger partial charge in [0.05, 0.1) is 22.5 Å². The van der Waals surface area contributed by atoms with Crippen molar-refractivity contribution in [2.75, 3.05) is 23.4 Å². The number of carbonyl (C=O) groups excluding carboxylic acids is 1. The molecule has 2 aromatic carbocycles. The highest BCUT2D eigenvalue weighted by atomic mass is 35.5. The Kier molecular flexibility index (Phi) is 4.13. The standard InChI is InChI=1S/C21H19ClN4O3/c1-12-18(19(22)25(2)24-12)20-23-15-6-4-3-5-14(15)21(27)26(20)13-7-8-16-17(11-13)29-10-9-28-16/h3-8,11,20,23H,9-10H2,1-2H3/t20-/m1/s1. The van der Waals surface area contributed by atoms with E-state index in [0.29, 0.717) is 41.1 Å². The van der Waals surface area contributed by atoms with Crippen LogP contribution < -0.4 is 19.7 Å². The average Bonchev–Trinajstić information content (AvgIpc) is 2.99. The van der Waals surface area contributed by atoms with Gasteiger partial charge in [0.15, 0.2) is 11.5 Å². The number of fused-ring (bicyclic) bond motifs is 2. The molecule has 0 aliphatic carbocycles. The zero-order valence-corrected chi connectivity index (χ0v) is 16.7. The van der Waals surface area contributed by atoms with E-state index < -0.39 is 6.17 Å². The Morgan fingerprint density at radius 3 is 2.66 bits per heavy atom. The van der Waals surface area contributed by atoms with Crippen LogP contribution >= 0.6 is 11.6 Å². The molecule has 3 heterocycles. The van der Waals surface area contributed by atoms with Crippen LogP contribution in [0.25, 0.3) is 0 Å². The van der Waals surface area contributed by atoms with Crippen LogP contribution in [0.5, 0.6) is 11.5 Å². The van der Waals surface area contributed by atoms with Gasteiger partial charge in [0.25, 0.3) is 5.91 Å². The van der Waals surface area contributed by atoms with Gasteiger partial charge in [-0.25, -0.2) is 0 Å². The summed E-state index contributed by atoms with van der Waals surface area (Å²) in [4.78, 5) is 15.2. The number of amides is 1. The molecule has 1 aromatic heterocycles. The normalized spacial score (nSPS) is 17.7. The minimum atomic E-state index is -0.513. The highest BCUT2D eigenvalue weighted by molar-refractivity contribution is 6.30. The fourth-order valence-electron chi connectivity index (χ4n) is 3.86. The third-order valence-electron chi connectivity index (χ3n) is 5.20. The van der Waals surface area contributed by atoms with E-state index in [0.717, 1.165) is 16.9 Å². The summed E-state index contributed by atoms with van der Waals surface area (Å²) in [6.45, 7) is 2.87. The number of para-hydroxylation sites is 1. The van der Waals surface area contributed by atoms with Gasteiger partial charge in [-0.1, -0.05) is 23.7 Å². The van der Waals surface area contributed by atoms with Crippen LogP contribution in [0.3, 0.4) is 0 Å². The lowest BCUT2D eigenvalue weighted by Crippen LogP contribution is -2.43. The number of aryl methyl sites for hydroxylation is 2. The monoisotopic (exact) mass is 410 g/mol. The van der Waals surface area contributed by atoms with Gasteiger partial charge in [-0.05, 0) is 31.2 Å². The minimum absolute atomic E-state index is 0.125. The number of benzene rings is 2. The van der Waals surface area contributed by atoms with Crippen molar-refractivity contribution in [2.45, 2.75) is 13.1 Å². The first kappa shape index (κ1) is 17.9. The molecular weight excluding hydrogens is 392 g/mol. The van der Waals surface area contributed by atoms with Crippen molar-refractivity contribution >= 4 is 28.9 Å². The predicted molar refractivity (Wildman–Crippen MR) is 110 cm³/mol. The molecule has 2 aliphatic heterocycles. The number of aromatic nitrogens is 2. The summed E-state index contributed by atoms with van der Waals surface area (Å²) in [5.74, 6) is 1.17. The second-order valence-corrected chi connectivity index (χ2v) is 7.37. The van der Waals surface area contributed by atoms with E-state index in [4.69, 9.17) is 21.1 Å². The van der Waals surface area contributed by atoms with Crippen molar-refractivity contribution in [3.8, 4) is 11.5 Å². The Bertz CT molecular complexity index is 1130. The van der Waals surface area contributed by atoms with Crippen LogP contribution in [0.4, 0.5) is 11.4 Å². The molecule has 3 aromatic rings. The summed E-state index contributed by atoms with van der Waals surface area (Å²) in [5, 5.41) is 8.37. The zero-order chi connectivity index (χ0) is 20.1. The lowest BCUT2D eigenvalue weighted by atomic mass is 10.0. The van der Waals surface area contributed by atoms with Gasteiger partial charge in [-0.3, -0.25) is 14.4 Å². The predicted octanol–water partition coefficient (Wildman–Crippen LogP) is 3.92. The molecule has 7 nitrogen and oxygen atoms in total. The second-order valence-electron chi connectivity index (χ2n) is 7.01. The molecule has 1 N–H and O–H groups in total. The smallest absolute Gasteiger partial charge is 0.262 e. The van der Waals surface area contributed by atoms with E-state index in [-0.39, 0.29) is 5.91 Å². The van der Waals surface area contributed by atoms with Crippen molar-refractivity contribution < 1.29 is 14.3 Å². The first-order valence-electron chi connectivity index (χ1n) is 9.32. The van der Waals surface area contributed by atoms with Gasteiger partial charge in [0.2, 0.25) is 0 Å². The maximum atomic E-state index is 13.5. The molecular formula is C21H19ClN4O3. The van der Waals surface area contributed by atoms with Crippen molar-refractivity contribution in [3.05, 3.63) is 64.4 Å². The lowest BCUT2D eigenvalue weighted by molar-refractivity contribution is 0.0974. The number of halogens is 1. The van der Waals surface area contributed by atoms with Gasteiger partial charge in [-0.2, -0.15) is 5.10 Å². The van der Waals surface area contributed by atoms with Crippen molar-refractivity contribution in [3.63, 3.8) is 0 Å². The molecule has 29 heavy (non-hydrogen) atoms. The highest BCUT2D eigenvalue weighted by Gasteiger charge is 2.37. The summed E-state index contributed by atoms with van der Waals surface area (Å²) >= 11 is 6.57. The molecule has 0 unspecified atom stereocenters. The van der Waals surface area contributed by atoms with E-state index in [1.54, 1.807) is 16.6 Å². The molecule has 148 valence electrons. The summed E-state index contributed by atoms with van der Waals surface area (Å²) in [6, 6.07) is 13.0. The van der Waals surface area contributed by atoms with Crippen LogP contribution in [-0.2, 0) is 7.05 Å². The van der Waals surface area contributed by atoms with Crippen LogP contribution in [-0.4, -0.2) is 28.9 Å². The van der Waals surface area contributed by atoms with Gasteiger partial charge in [-0.15, -0.1) is 0 Å². The summed E-state index contributed by atoms with van der Waals surface area (Å²) in [6.07, 6.45) is -0.513. The maximum absolute atomic E-state index is 13.5. The summed E-state index contributed by atoms with van der Waals surface area (Å²) < 4.78 is 13.0. The van der Waals surface area contributed by atoms with Gasteiger partial charge in [0.1, 0.15) is 24.5 Å². The molecule has 0 bridgehead atoms. The number of nitrogens with one attached hydrogen (secondary N) is 1. The third-order valence-corrected chi connectivity index (χ3v) is 5.65. The molecule has 0 spiro atoms. The maximum Gasteiger partial charge on any atom is 0.262 e. The van der Waals surface area contributed by atoms with E-state index in [9.17, 15) is 4.79 Å². The molecule has 0 saturated carbocycles. The number of rotatable bonds is 2. The molecule has 0 saturated heterocycles. The number of carbonyl (C=O) groups is 1. The molecule has 5 rings (SSSR count).